The normalized spacial score (nSPS) is 16.9. The molecule has 3 aromatic rings. The molecular formula is C15H15N7O3. The maximum atomic E-state index is 12.6. The second kappa shape index (κ2) is 6.32. The van der Waals surface area contributed by atoms with Crippen molar-refractivity contribution in [3.63, 3.8) is 0 Å². The standard InChI is InChI=1S/C15H15N7O3/c23-14(12-13(25-8-17-12)11-5-2-6-16-11)18-9-3-1-4-10(7-9)22-15(24)19-20-21-22/h1,3-4,7-8,11,16H,2,5-6H2,(H,18,23)(H,19,21,24). The predicted octanol–water partition coefficient (Wildman–Crippen LogP) is 0.620. The highest BCUT2D eigenvalue weighted by atomic mass is 16.3. The van der Waals surface area contributed by atoms with Crippen LogP contribution in [0.2, 0.25) is 0 Å². The number of nitrogens with zero attached hydrogens (tertiary/aromatic N) is 4. The van der Waals surface area contributed by atoms with Crippen LogP contribution in [-0.4, -0.2) is 37.6 Å². The number of hydrogen-bond donors (Lipinski definition) is 3. The van der Waals surface area contributed by atoms with E-state index in [9.17, 15) is 9.59 Å². The van der Waals surface area contributed by atoms with Crippen LogP contribution in [0.25, 0.3) is 5.69 Å². The highest BCUT2D eigenvalue weighted by Gasteiger charge is 2.26. The number of rotatable bonds is 4. The lowest BCUT2D eigenvalue weighted by Gasteiger charge is -2.09. The Morgan fingerprint density at radius 2 is 2.32 bits per heavy atom. The molecule has 1 amide bonds. The second-order valence-corrected chi connectivity index (χ2v) is 5.64. The minimum absolute atomic E-state index is 0.00305. The van der Waals surface area contributed by atoms with Crippen molar-refractivity contribution in [2.24, 2.45) is 0 Å². The van der Waals surface area contributed by atoms with Gasteiger partial charge in [-0.05, 0) is 48.0 Å². The zero-order chi connectivity index (χ0) is 17.2. The lowest BCUT2D eigenvalue weighted by Crippen LogP contribution is -2.20. The van der Waals surface area contributed by atoms with Crippen molar-refractivity contribution < 1.29 is 9.21 Å². The van der Waals surface area contributed by atoms with Gasteiger partial charge in [0.15, 0.2) is 17.8 Å². The van der Waals surface area contributed by atoms with Gasteiger partial charge in [-0.25, -0.2) is 14.9 Å². The summed E-state index contributed by atoms with van der Waals surface area (Å²) < 4.78 is 6.50. The molecule has 0 bridgehead atoms. The molecule has 10 heteroatoms. The van der Waals surface area contributed by atoms with E-state index < -0.39 is 5.69 Å². The van der Waals surface area contributed by atoms with Gasteiger partial charge in [0.05, 0.1) is 11.7 Å². The Morgan fingerprint density at radius 3 is 3.08 bits per heavy atom. The van der Waals surface area contributed by atoms with E-state index in [0.717, 1.165) is 24.1 Å². The van der Waals surface area contributed by atoms with Gasteiger partial charge in [0.1, 0.15) is 0 Å². The zero-order valence-electron chi connectivity index (χ0n) is 13.1. The van der Waals surface area contributed by atoms with Gasteiger partial charge < -0.3 is 15.1 Å². The highest BCUT2D eigenvalue weighted by Crippen LogP contribution is 2.26. The van der Waals surface area contributed by atoms with Gasteiger partial charge in [-0.15, -0.1) is 0 Å². The predicted molar refractivity (Wildman–Crippen MR) is 86.4 cm³/mol. The van der Waals surface area contributed by atoms with Gasteiger partial charge in [0.25, 0.3) is 5.91 Å². The van der Waals surface area contributed by atoms with Gasteiger partial charge in [0.2, 0.25) is 0 Å². The molecule has 128 valence electrons. The molecule has 10 nitrogen and oxygen atoms in total. The van der Waals surface area contributed by atoms with Crippen molar-refractivity contribution in [3.8, 4) is 5.69 Å². The Balaban J connectivity index is 1.57. The van der Waals surface area contributed by atoms with Crippen LogP contribution in [0, 0.1) is 0 Å². The number of nitrogens with one attached hydrogen (secondary N) is 3. The molecule has 3 N–H and O–H groups in total. The topological polar surface area (TPSA) is 131 Å². The summed E-state index contributed by atoms with van der Waals surface area (Å²) in [5.74, 6) is 0.168. The summed E-state index contributed by atoms with van der Waals surface area (Å²) in [6.45, 7) is 0.890. The summed E-state index contributed by atoms with van der Waals surface area (Å²) in [6, 6.07) is 6.72. The summed E-state index contributed by atoms with van der Waals surface area (Å²) in [5, 5.41) is 15.4. The van der Waals surface area contributed by atoms with Gasteiger partial charge >= 0.3 is 5.69 Å². The molecule has 3 heterocycles. The van der Waals surface area contributed by atoms with Crippen molar-refractivity contribution in [2.75, 3.05) is 11.9 Å². The number of aromatic nitrogens is 5. The van der Waals surface area contributed by atoms with Crippen LogP contribution in [0.3, 0.4) is 0 Å². The summed E-state index contributed by atoms with van der Waals surface area (Å²) in [5.41, 5.74) is 0.776. The molecule has 1 fully saturated rings. The number of carbonyl (C=O) groups excluding carboxylic acids is 1. The Kier molecular flexibility index (Phi) is 3.86. The number of aromatic amines is 1. The number of tetrazole rings is 1. The molecule has 2 aromatic heterocycles. The van der Waals surface area contributed by atoms with Crippen molar-refractivity contribution in [2.45, 2.75) is 18.9 Å². The van der Waals surface area contributed by atoms with Crippen LogP contribution in [0.15, 0.2) is 39.9 Å². The first-order chi connectivity index (χ1) is 12.2. The van der Waals surface area contributed by atoms with Crippen molar-refractivity contribution in [1.82, 2.24) is 30.5 Å². The number of oxazole rings is 1. The number of carbonyl (C=O) groups is 1. The number of benzene rings is 1. The average molecular weight is 341 g/mol. The van der Waals surface area contributed by atoms with Gasteiger partial charge in [0, 0.05) is 5.69 Å². The first-order valence-corrected chi connectivity index (χ1v) is 7.81. The largest absolute Gasteiger partial charge is 0.446 e. The molecule has 0 saturated carbocycles. The lowest BCUT2D eigenvalue weighted by atomic mass is 10.1. The monoisotopic (exact) mass is 341 g/mol. The smallest absolute Gasteiger partial charge is 0.365 e. The number of H-pyrrole nitrogens is 1. The fourth-order valence-electron chi connectivity index (χ4n) is 2.85. The molecule has 1 aliphatic heterocycles. The number of hydrogen-bond acceptors (Lipinski definition) is 7. The third-order valence-electron chi connectivity index (χ3n) is 4.01. The SMILES string of the molecule is O=C(Nc1cccc(-n2nn[nH]c2=O)c1)c1ncoc1C1CCCN1. The van der Waals surface area contributed by atoms with E-state index in [-0.39, 0.29) is 17.6 Å². The van der Waals surface area contributed by atoms with E-state index in [1.807, 2.05) is 0 Å². The lowest BCUT2D eigenvalue weighted by molar-refractivity contribution is 0.102. The molecule has 0 spiro atoms. The Hall–Kier alpha value is -3.27. The molecule has 1 unspecified atom stereocenters. The first kappa shape index (κ1) is 15.3. The first-order valence-electron chi connectivity index (χ1n) is 7.81. The van der Waals surface area contributed by atoms with E-state index in [1.165, 1.54) is 6.39 Å². The van der Waals surface area contributed by atoms with E-state index in [0.29, 0.717) is 17.1 Å². The summed E-state index contributed by atoms with van der Waals surface area (Å²) >= 11 is 0. The van der Waals surface area contributed by atoms with Gasteiger partial charge in [-0.1, -0.05) is 6.07 Å². The average Bonchev–Trinajstić information content (AvgIpc) is 3.36. The van der Waals surface area contributed by atoms with Crippen molar-refractivity contribution in [1.29, 1.82) is 0 Å². The highest BCUT2D eigenvalue weighted by molar-refractivity contribution is 6.03. The quantitative estimate of drug-likeness (QED) is 0.634. The Labute approximate surface area is 141 Å². The third kappa shape index (κ3) is 2.94. The van der Waals surface area contributed by atoms with Crippen LogP contribution in [0.5, 0.6) is 0 Å². The molecule has 0 aliphatic carbocycles. The summed E-state index contributed by atoms with van der Waals surface area (Å²) in [6.07, 6.45) is 3.20. The van der Waals surface area contributed by atoms with Crippen LogP contribution in [0.4, 0.5) is 5.69 Å². The molecule has 25 heavy (non-hydrogen) atoms. The molecule has 4 rings (SSSR count). The van der Waals surface area contributed by atoms with E-state index in [1.54, 1.807) is 24.3 Å². The van der Waals surface area contributed by atoms with Gasteiger partial charge in [-0.2, -0.15) is 4.68 Å². The maximum Gasteiger partial charge on any atom is 0.365 e. The minimum atomic E-state index is -0.463. The Morgan fingerprint density at radius 1 is 1.40 bits per heavy atom. The number of anilines is 1. The molecule has 1 aliphatic rings. The minimum Gasteiger partial charge on any atom is -0.446 e. The summed E-state index contributed by atoms with van der Waals surface area (Å²) in [7, 11) is 0. The molecule has 1 aromatic carbocycles. The molecule has 0 radical (unpaired) electrons. The van der Waals surface area contributed by atoms with Crippen molar-refractivity contribution in [3.05, 3.63) is 52.6 Å². The molecule has 1 saturated heterocycles. The van der Waals surface area contributed by atoms with Crippen LogP contribution >= 0.6 is 0 Å². The van der Waals surface area contributed by atoms with E-state index in [2.05, 4.69) is 31.1 Å². The van der Waals surface area contributed by atoms with Crippen molar-refractivity contribution >= 4 is 11.6 Å². The van der Waals surface area contributed by atoms with Crippen LogP contribution in [0.1, 0.15) is 35.1 Å². The molecular weight excluding hydrogens is 326 g/mol. The molecule has 1 atom stereocenters. The van der Waals surface area contributed by atoms with E-state index in [4.69, 9.17) is 4.42 Å². The Bertz CT molecular complexity index is 952. The van der Waals surface area contributed by atoms with Crippen LogP contribution < -0.4 is 16.3 Å². The third-order valence-corrected chi connectivity index (χ3v) is 4.01. The zero-order valence-corrected chi connectivity index (χ0v) is 13.1. The fourth-order valence-corrected chi connectivity index (χ4v) is 2.85. The maximum absolute atomic E-state index is 12.6. The second-order valence-electron chi connectivity index (χ2n) is 5.64. The van der Waals surface area contributed by atoms with Crippen LogP contribution in [-0.2, 0) is 0 Å². The summed E-state index contributed by atoms with van der Waals surface area (Å²) in [4.78, 5) is 28.2. The number of amides is 1. The fraction of sp³-hybridized carbons (Fsp3) is 0.267. The van der Waals surface area contributed by atoms with Gasteiger partial charge in [-0.3, -0.25) is 4.79 Å². The van der Waals surface area contributed by atoms with E-state index >= 15 is 0 Å².